The van der Waals surface area contributed by atoms with Gasteiger partial charge in [0.25, 0.3) is 0 Å². The molecule has 0 spiro atoms. The Morgan fingerprint density at radius 3 is 2.38 bits per heavy atom. The first kappa shape index (κ1) is 9.09. The Kier molecular flexibility index (Phi) is 1.72. The summed E-state index contributed by atoms with van der Waals surface area (Å²) in [5.74, 6) is 5.01. The molecule has 4 aliphatic rings. The molecule has 4 fully saturated rings. The number of nitrogens with two attached hydrogens (primary N) is 1. The lowest BCUT2D eigenvalue weighted by atomic mass is 9.73. The maximum absolute atomic E-state index is 5.78. The van der Waals surface area contributed by atoms with Crippen molar-refractivity contribution in [3.05, 3.63) is 29.8 Å². The van der Waals surface area contributed by atoms with Crippen LogP contribution < -0.4 is 5.73 Å². The van der Waals surface area contributed by atoms with E-state index in [0.29, 0.717) is 0 Å². The zero-order chi connectivity index (χ0) is 10.7. The van der Waals surface area contributed by atoms with Crippen LogP contribution in [0.5, 0.6) is 0 Å². The van der Waals surface area contributed by atoms with E-state index < -0.39 is 0 Å². The van der Waals surface area contributed by atoms with E-state index in [1.807, 2.05) is 0 Å². The molecule has 0 radical (unpaired) electrons. The van der Waals surface area contributed by atoms with Gasteiger partial charge in [-0.2, -0.15) is 0 Å². The second-order valence-electron chi connectivity index (χ2n) is 6.19. The largest absolute Gasteiger partial charge is 0.399 e. The Morgan fingerprint density at radius 1 is 0.875 bits per heavy atom. The summed E-state index contributed by atoms with van der Waals surface area (Å²) in [6.45, 7) is 0. The molecule has 0 amide bonds. The Balaban J connectivity index is 1.71. The molecule has 2 N–H and O–H groups in total. The quantitative estimate of drug-likeness (QED) is 0.711. The predicted octanol–water partition coefficient (Wildman–Crippen LogP) is 3.42. The normalized spacial score (nSPS) is 44.1. The van der Waals surface area contributed by atoms with Gasteiger partial charge in [-0.1, -0.05) is 12.1 Å². The molecule has 1 aromatic rings. The fourth-order valence-corrected chi connectivity index (χ4v) is 4.97. The SMILES string of the molecule is Nc1ccc(C2C3CC4CC(C3)C2C4)cc1. The number of hydrogen-bond acceptors (Lipinski definition) is 1. The molecule has 1 nitrogen and oxygen atoms in total. The lowest BCUT2D eigenvalue weighted by Crippen LogP contribution is -2.21. The summed E-state index contributed by atoms with van der Waals surface area (Å²) in [6, 6.07) is 8.70. The van der Waals surface area contributed by atoms with E-state index in [-0.39, 0.29) is 0 Å². The van der Waals surface area contributed by atoms with Crippen molar-refractivity contribution in [3.63, 3.8) is 0 Å². The molecule has 1 heteroatoms. The van der Waals surface area contributed by atoms with Crippen LogP contribution in [0.2, 0.25) is 0 Å². The van der Waals surface area contributed by atoms with E-state index in [1.165, 1.54) is 25.7 Å². The average Bonchev–Trinajstić information content (AvgIpc) is 2.69. The highest BCUT2D eigenvalue weighted by Gasteiger charge is 2.53. The monoisotopic (exact) mass is 213 g/mol. The van der Waals surface area contributed by atoms with Crippen molar-refractivity contribution in [2.45, 2.75) is 31.6 Å². The van der Waals surface area contributed by atoms with Crippen molar-refractivity contribution in [1.82, 2.24) is 0 Å². The highest BCUT2D eigenvalue weighted by Crippen LogP contribution is 2.64. The van der Waals surface area contributed by atoms with Gasteiger partial charge < -0.3 is 5.73 Å². The maximum atomic E-state index is 5.78. The first-order valence-electron chi connectivity index (χ1n) is 6.66. The lowest BCUT2D eigenvalue weighted by Gasteiger charge is -2.32. The number of benzene rings is 1. The zero-order valence-corrected chi connectivity index (χ0v) is 9.60. The fraction of sp³-hybridized carbons (Fsp3) is 0.600. The van der Waals surface area contributed by atoms with Gasteiger partial charge in [-0.3, -0.25) is 0 Å². The van der Waals surface area contributed by atoms with E-state index in [9.17, 15) is 0 Å². The summed E-state index contributed by atoms with van der Waals surface area (Å²) in [6.07, 6.45) is 6.06. The molecule has 4 saturated carbocycles. The first-order valence-corrected chi connectivity index (χ1v) is 6.66. The summed E-state index contributed by atoms with van der Waals surface area (Å²) in [5.41, 5.74) is 8.24. The van der Waals surface area contributed by atoms with Gasteiger partial charge in [0.1, 0.15) is 0 Å². The summed E-state index contributed by atoms with van der Waals surface area (Å²) in [4.78, 5) is 0. The highest BCUT2D eigenvalue weighted by molar-refractivity contribution is 5.41. The molecule has 5 unspecified atom stereocenters. The number of nitrogen functional groups attached to an aromatic ring is 1. The topological polar surface area (TPSA) is 26.0 Å². The zero-order valence-electron chi connectivity index (χ0n) is 9.60. The molecule has 16 heavy (non-hydrogen) atoms. The maximum Gasteiger partial charge on any atom is 0.0314 e. The van der Waals surface area contributed by atoms with Crippen LogP contribution in [0.15, 0.2) is 24.3 Å². The first-order chi connectivity index (χ1) is 7.81. The number of anilines is 1. The van der Waals surface area contributed by atoms with E-state index in [0.717, 1.165) is 35.3 Å². The second-order valence-corrected chi connectivity index (χ2v) is 6.19. The van der Waals surface area contributed by atoms with Crippen LogP contribution in [-0.4, -0.2) is 0 Å². The second kappa shape index (κ2) is 3.03. The number of rotatable bonds is 1. The molecule has 5 rings (SSSR count). The van der Waals surface area contributed by atoms with Gasteiger partial charge in [0.2, 0.25) is 0 Å². The molecule has 0 saturated heterocycles. The van der Waals surface area contributed by atoms with E-state index in [1.54, 1.807) is 5.56 Å². The molecular weight excluding hydrogens is 194 g/mol. The Hall–Kier alpha value is -0.980. The molecule has 0 aliphatic heterocycles. The van der Waals surface area contributed by atoms with E-state index >= 15 is 0 Å². The minimum atomic E-state index is 0.865. The van der Waals surface area contributed by atoms with Crippen molar-refractivity contribution < 1.29 is 0 Å². The average molecular weight is 213 g/mol. The number of hydrogen-bond donors (Lipinski definition) is 1. The van der Waals surface area contributed by atoms with Crippen molar-refractivity contribution >= 4 is 5.69 Å². The van der Waals surface area contributed by atoms with Gasteiger partial charge in [-0.05, 0) is 73.0 Å². The molecule has 84 valence electrons. The summed E-state index contributed by atoms with van der Waals surface area (Å²) in [5, 5.41) is 0. The van der Waals surface area contributed by atoms with Gasteiger partial charge in [0.15, 0.2) is 0 Å². The molecule has 0 aromatic heterocycles. The van der Waals surface area contributed by atoms with Gasteiger partial charge in [-0.15, -0.1) is 0 Å². The standard InChI is InChI=1S/C15H19N/c16-13-3-1-10(2-4-13)15-12-6-9-5-11(8-12)14(15)7-9/h1-4,9,11-12,14-15H,5-8,16H2. The van der Waals surface area contributed by atoms with Crippen LogP contribution >= 0.6 is 0 Å². The van der Waals surface area contributed by atoms with Crippen LogP contribution in [0.3, 0.4) is 0 Å². The summed E-state index contributed by atoms with van der Waals surface area (Å²) in [7, 11) is 0. The minimum absolute atomic E-state index is 0.865. The Bertz CT molecular complexity index is 404. The van der Waals surface area contributed by atoms with Gasteiger partial charge in [0.05, 0.1) is 0 Å². The van der Waals surface area contributed by atoms with Crippen LogP contribution in [0.4, 0.5) is 5.69 Å². The van der Waals surface area contributed by atoms with Crippen molar-refractivity contribution in [2.24, 2.45) is 23.7 Å². The molecule has 1 aromatic carbocycles. The van der Waals surface area contributed by atoms with Crippen molar-refractivity contribution in [2.75, 3.05) is 5.73 Å². The van der Waals surface area contributed by atoms with Gasteiger partial charge in [0, 0.05) is 5.69 Å². The van der Waals surface area contributed by atoms with E-state index in [2.05, 4.69) is 24.3 Å². The smallest absolute Gasteiger partial charge is 0.0314 e. The predicted molar refractivity (Wildman–Crippen MR) is 66.0 cm³/mol. The van der Waals surface area contributed by atoms with Crippen LogP contribution in [0.1, 0.15) is 37.2 Å². The Labute approximate surface area is 97.0 Å². The van der Waals surface area contributed by atoms with Crippen molar-refractivity contribution in [1.29, 1.82) is 0 Å². The van der Waals surface area contributed by atoms with Crippen LogP contribution in [0.25, 0.3) is 0 Å². The van der Waals surface area contributed by atoms with Crippen molar-refractivity contribution in [3.8, 4) is 0 Å². The highest BCUT2D eigenvalue weighted by atomic mass is 14.6. The van der Waals surface area contributed by atoms with E-state index in [4.69, 9.17) is 5.73 Å². The molecular formula is C15H19N. The minimum Gasteiger partial charge on any atom is -0.399 e. The third kappa shape index (κ3) is 1.12. The van der Waals surface area contributed by atoms with Gasteiger partial charge >= 0.3 is 0 Å². The van der Waals surface area contributed by atoms with Gasteiger partial charge in [-0.25, -0.2) is 0 Å². The third-order valence-corrected chi connectivity index (χ3v) is 5.38. The summed E-state index contributed by atoms with van der Waals surface area (Å²) < 4.78 is 0. The fourth-order valence-electron chi connectivity index (χ4n) is 4.97. The lowest BCUT2D eigenvalue weighted by molar-refractivity contribution is 0.249. The molecule has 4 aliphatic carbocycles. The third-order valence-electron chi connectivity index (χ3n) is 5.38. The van der Waals surface area contributed by atoms with Crippen LogP contribution in [-0.2, 0) is 0 Å². The molecule has 5 atom stereocenters. The Morgan fingerprint density at radius 2 is 1.62 bits per heavy atom. The summed E-state index contributed by atoms with van der Waals surface area (Å²) >= 11 is 0. The van der Waals surface area contributed by atoms with Crippen LogP contribution in [0, 0.1) is 23.7 Å². The molecule has 4 bridgehead atoms. The molecule has 0 heterocycles.